The SMILES string of the molecule is CSCCC1NC(=O)N(Cc2coc(-c3cccc(Cl)c3)n2)C1=O. The molecule has 3 rings (SSSR count). The van der Waals surface area contributed by atoms with Crippen molar-refractivity contribution < 1.29 is 14.0 Å². The normalized spacial score (nSPS) is 17.4. The quantitative estimate of drug-likeness (QED) is 0.796. The number of imide groups is 1. The summed E-state index contributed by atoms with van der Waals surface area (Å²) in [5, 5.41) is 3.28. The van der Waals surface area contributed by atoms with Gasteiger partial charge in [0.2, 0.25) is 5.89 Å². The van der Waals surface area contributed by atoms with E-state index in [0.29, 0.717) is 23.0 Å². The Labute approximate surface area is 148 Å². The van der Waals surface area contributed by atoms with Crippen molar-refractivity contribution in [3.05, 3.63) is 41.2 Å². The minimum absolute atomic E-state index is 0.0878. The van der Waals surface area contributed by atoms with E-state index in [1.165, 1.54) is 11.2 Å². The van der Waals surface area contributed by atoms with Gasteiger partial charge in [-0.25, -0.2) is 9.78 Å². The Morgan fingerprint density at radius 2 is 2.25 bits per heavy atom. The molecule has 2 aromatic rings. The Balaban J connectivity index is 1.71. The van der Waals surface area contributed by atoms with Crippen molar-refractivity contribution in [3.8, 4) is 11.5 Å². The second kappa shape index (κ2) is 7.27. The van der Waals surface area contributed by atoms with Crippen molar-refractivity contribution in [1.82, 2.24) is 15.2 Å². The molecule has 1 fully saturated rings. The number of benzene rings is 1. The van der Waals surface area contributed by atoms with Crippen LogP contribution in [0.1, 0.15) is 12.1 Å². The van der Waals surface area contributed by atoms with Crippen LogP contribution < -0.4 is 5.32 Å². The first-order valence-electron chi connectivity index (χ1n) is 7.39. The highest BCUT2D eigenvalue weighted by Gasteiger charge is 2.37. The van der Waals surface area contributed by atoms with Crippen LogP contribution in [0.5, 0.6) is 0 Å². The summed E-state index contributed by atoms with van der Waals surface area (Å²) < 4.78 is 5.44. The second-order valence-corrected chi connectivity index (χ2v) is 6.78. The van der Waals surface area contributed by atoms with Crippen LogP contribution >= 0.6 is 23.4 Å². The predicted molar refractivity (Wildman–Crippen MR) is 92.8 cm³/mol. The smallest absolute Gasteiger partial charge is 0.325 e. The number of amides is 3. The fraction of sp³-hybridized carbons (Fsp3) is 0.312. The average molecular weight is 366 g/mol. The number of carbonyl (C=O) groups is 2. The molecule has 1 saturated heterocycles. The number of hydrogen-bond donors (Lipinski definition) is 1. The summed E-state index contributed by atoms with van der Waals surface area (Å²) in [6.07, 6.45) is 4.03. The molecule has 3 amide bonds. The highest BCUT2D eigenvalue weighted by atomic mass is 35.5. The van der Waals surface area contributed by atoms with E-state index >= 15 is 0 Å². The van der Waals surface area contributed by atoms with Gasteiger partial charge in [-0.05, 0) is 36.6 Å². The van der Waals surface area contributed by atoms with Gasteiger partial charge in [-0.1, -0.05) is 17.7 Å². The van der Waals surface area contributed by atoms with Gasteiger partial charge in [-0.15, -0.1) is 0 Å². The minimum Gasteiger partial charge on any atom is -0.444 e. The maximum Gasteiger partial charge on any atom is 0.325 e. The molecule has 1 N–H and O–H groups in total. The van der Waals surface area contributed by atoms with Gasteiger partial charge in [0.1, 0.15) is 12.3 Å². The first-order chi connectivity index (χ1) is 11.6. The Kier molecular flexibility index (Phi) is 5.11. The fourth-order valence-electron chi connectivity index (χ4n) is 2.45. The molecule has 0 radical (unpaired) electrons. The lowest BCUT2D eigenvalue weighted by atomic mass is 10.2. The first kappa shape index (κ1) is 16.9. The Hall–Kier alpha value is -1.99. The third kappa shape index (κ3) is 3.57. The van der Waals surface area contributed by atoms with E-state index < -0.39 is 12.1 Å². The third-order valence-electron chi connectivity index (χ3n) is 3.66. The van der Waals surface area contributed by atoms with Gasteiger partial charge in [0.05, 0.1) is 12.2 Å². The van der Waals surface area contributed by atoms with Crippen molar-refractivity contribution in [1.29, 1.82) is 0 Å². The molecule has 2 heterocycles. The number of thioether (sulfide) groups is 1. The molecule has 1 atom stereocenters. The highest BCUT2D eigenvalue weighted by molar-refractivity contribution is 7.98. The van der Waals surface area contributed by atoms with Crippen LogP contribution in [0, 0.1) is 0 Å². The highest BCUT2D eigenvalue weighted by Crippen LogP contribution is 2.23. The van der Waals surface area contributed by atoms with Gasteiger partial charge >= 0.3 is 6.03 Å². The molecule has 6 nitrogen and oxygen atoms in total. The number of nitrogens with zero attached hydrogens (tertiary/aromatic N) is 2. The van der Waals surface area contributed by atoms with Crippen LogP contribution in [0.15, 0.2) is 34.9 Å². The maximum atomic E-state index is 12.3. The summed E-state index contributed by atoms with van der Waals surface area (Å²) in [4.78, 5) is 29.8. The number of aromatic nitrogens is 1. The largest absolute Gasteiger partial charge is 0.444 e. The maximum absolute atomic E-state index is 12.3. The average Bonchev–Trinajstić information content (AvgIpc) is 3.13. The van der Waals surface area contributed by atoms with Crippen molar-refractivity contribution >= 4 is 35.3 Å². The first-order valence-corrected chi connectivity index (χ1v) is 9.17. The van der Waals surface area contributed by atoms with Crippen LogP contribution in [-0.2, 0) is 11.3 Å². The summed E-state index contributed by atoms with van der Waals surface area (Å²) in [7, 11) is 0. The summed E-state index contributed by atoms with van der Waals surface area (Å²) >= 11 is 7.60. The second-order valence-electron chi connectivity index (χ2n) is 5.36. The lowest BCUT2D eigenvalue weighted by molar-refractivity contribution is -0.127. The topological polar surface area (TPSA) is 75.4 Å². The zero-order valence-electron chi connectivity index (χ0n) is 13.0. The van der Waals surface area contributed by atoms with E-state index in [1.54, 1.807) is 30.0 Å². The molecular weight excluding hydrogens is 350 g/mol. The zero-order chi connectivity index (χ0) is 17.1. The molecule has 24 heavy (non-hydrogen) atoms. The lowest BCUT2D eigenvalue weighted by Gasteiger charge is -2.10. The molecule has 1 aromatic carbocycles. The van der Waals surface area contributed by atoms with Gasteiger partial charge in [0, 0.05) is 10.6 Å². The standard InChI is InChI=1S/C16H16ClN3O3S/c1-24-6-5-13-15(21)20(16(22)19-13)8-12-9-23-14(18-12)10-3-2-4-11(17)7-10/h2-4,7,9,13H,5-6,8H2,1H3,(H,19,22). The van der Waals surface area contributed by atoms with E-state index in [4.69, 9.17) is 16.0 Å². The number of carbonyl (C=O) groups excluding carboxylic acids is 2. The van der Waals surface area contributed by atoms with E-state index in [9.17, 15) is 9.59 Å². The summed E-state index contributed by atoms with van der Waals surface area (Å²) in [5.74, 6) is 0.993. The van der Waals surface area contributed by atoms with Crippen LogP contribution in [0.4, 0.5) is 4.79 Å². The number of halogens is 1. The van der Waals surface area contributed by atoms with Gasteiger partial charge in [0.15, 0.2) is 0 Å². The number of urea groups is 1. The van der Waals surface area contributed by atoms with E-state index in [2.05, 4.69) is 10.3 Å². The Morgan fingerprint density at radius 3 is 3.00 bits per heavy atom. The zero-order valence-corrected chi connectivity index (χ0v) is 14.6. The molecule has 0 saturated carbocycles. The minimum atomic E-state index is -0.454. The van der Waals surface area contributed by atoms with Crippen LogP contribution in [0.3, 0.4) is 0 Å². The molecule has 1 unspecified atom stereocenters. The van der Waals surface area contributed by atoms with E-state index in [0.717, 1.165) is 11.3 Å². The molecule has 0 spiro atoms. The number of rotatable bonds is 6. The van der Waals surface area contributed by atoms with E-state index in [-0.39, 0.29) is 12.5 Å². The molecular formula is C16H16ClN3O3S. The van der Waals surface area contributed by atoms with Crippen LogP contribution in [0.2, 0.25) is 5.02 Å². The number of nitrogens with one attached hydrogen (secondary N) is 1. The van der Waals surface area contributed by atoms with Crippen molar-refractivity contribution in [2.45, 2.75) is 19.0 Å². The summed E-state index contributed by atoms with van der Waals surface area (Å²) in [6.45, 7) is 0.0878. The molecule has 0 bridgehead atoms. The Bertz CT molecular complexity index is 765. The molecule has 8 heteroatoms. The summed E-state index contributed by atoms with van der Waals surface area (Å²) in [6, 6.07) is 6.28. The van der Waals surface area contributed by atoms with Crippen molar-refractivity contribution in [3.63, 3.8) is 0 Å². The molecule has 1 aliphatic rings. The molecule has 1 aliphatic heterocycles. The van der Waals surface area contributed by atoms with Gasteiger partial charge in [0.25, 0.3) is 5.91 Å². The van der Waals surface area contributed by atoms with Gasteiger partial charge < -0.3 is 9.73 Å². The van der Waals surface area contributed by atoms with E-state index in [1.807, 2.05) is 12.3 Å². The third-order valence-corrected chi connectivity index (χ3v) is 4.54. The number of hydrogen-bond acceptors (Lipinski definition) is 5. The Morgan fingerprint density at radius 1 is 1.42 bits per heavy atom. The lowest BCUT2D eigenvalue weighted by Crippen LogP contribution is -2.31. The van der Waals surface area contributed by atoms with Crippen molar-refractivity contribution in [2.75, 3.05) is 12.0 Å². The molecule has 0 aliphatic carbocycles. The molecule has 1 aromatic heterocycles. The molecule has 126 valence electrons. The van der Waals surface area contributed by atoms with Crippen LogP contribution in [0.25, 0.3) is 11.5 Å². The van der Waals surface area contributed by atoms with Gasteiger partial charge in [-0.3, -0.25) is 9.69 Å². The predicted octanol–water partition coefficient (Wildman–Crippen LogP) is 3.17. The summed E-state index contributed by atoms with van der Waals surface area (Å²) in [5.41, 5.74) is 1.25. The monoisotopic (exact) mass is 365 g/mol. The van der Waals surface area contributed by atoms with Gasteiger partial charge in [-0.2, -0.15) is 11.8 Å². The van der Waals surface area contributed by atoms with Crippen LogP contribution in [-0.4, -0.2) is 39.9 Å². The fourth-order valence-corrected chi connectivity index (χ4v) is 3.12. The number of oxazole rings is 1. The van der Waals surface area contributed by atoms with Crippen molar-refractivity contribution in [2.24, 2.45) is 0 Å².